The number of hydrogen-bond acceptors (Lipinski definition) is 4. The normalized spacial score (nSPS) is 14.1. The number of carbonyl (C=O) groups is 1. The quantitative estimate of drug-likeness (QED) is 0.807. The lowest BCUT2D eigenvalue weighted by molar-refractivity contribution is -0.130. The first kappa shape index (κ1) is 15.7. The van der Waals surface area contributed by atoms with E-state index in [1.165, 1.54) is 12.8 Å². The van der Waals surface area contributed by atoms with E-state index >= 15 is 0 Å². The second-order valence-electron chi connectivity index (χ2n) is 6.01. The highest BCUT2D eigenvalue weighted by atomic mass is 16.2. The van der Waals surface area contributed by atoms with E-state index in [9.17, 15) is 9.59 Å². The van der Waals surface area contributed by atoms with Gasteiger partial charge in [0, 0.05) is 6.54 Å². The summed E-state index contributed by atoms with van der Waals surface area (Å²) in [5.74, 6) is 1.30. The summed E-state index contributed by atoms with van der Waals surface area (Å²) in [6.07, 6.45) is 2.53. The van der Waals surface area contributed by atoms with Gasteiger partial charge in [-0.2, -0.15) is 0 Å². The fourth-order valence-corrected chi connectivity index (χ4v) is 2.58. The van der Waals surface area contributed by atoms with Crippen LogP contribution < -0.4 is 10.9 Å². The van der Waals surface area contributed by atoms with Crippen molar-refractivity contribution in [3.8, 4) is 0 Å². The maximum atomic E-state index is 12.3. The van der Waals surface area contributed by atoms with Crippen molar-refractivity contribution in [3.63, 3.8) is 0 Å². The molecule has 0 aliphatic heterocycles. The van der Waals surface area contributed by atoms with E-state index in [1.54, 1.807) is 11.0 Å². The molecule has 6 nitrogen and oxygen atoms in total. The molecule has 2 aromatic rings. The SMILES string of the molecule is CCN(Cc1nc2ccccc2c(=O)[nH]1)C(=O)CNCC1CC1. The Morgan fingerprint density at radius 2 is 2.17 bits per heavy atom. The molecular formula is C17H22N4O2. The fourth-order valence-electron chi connectivity index (χ4n) is 2.58. The number of hydrogen-bond donors (Lipinski definition) is 2. The Bertz CT molecular complexity index is 752. The van der Waals surface area contributed by atoms with Crippen molar-refractivity contribution in [1.29, 1.82) is 0 Å². The summed E-state index contributed by atoms with van der Waals surface area (Å²) in [4.78, 5) is 33.3. The number of benzene rings is 1. The van der Waals surface area contributed by atoms with Crippen LogP contribution in [0.1, 0.15) is 25.6 Å². The van der Waals surface area contributed by atoms with Gasteiger partial charge in [0.25, 0.3) is 5.56 Å². The average Bonchev–Trinajstić information content (AvgIpc) is 3.37. The van der Waals surface area contributed by atoms with E-state index in [-0.39, 0.29) is 11.5 Å². The van der Waals surface area contributed by atoms with Gasteiger partial charge >= 0.3 is 0 Å². The number of nitrogens with one attached hydrogen (secondary N) is 2. The van der Waals surface area contributed by atoms with Gasteiger partial charge in [-0.25, -0.2) is 4.98 Å². The molecule has 0 radical (unpaired) electrons. The number of amides is 1. The highest BCUT2D eigenvalue weighted by Crippen LogP contribution is 2.27. The number of fused-ring (bicyclic) bond motifs is 1. The molecule has 6 heteroatoms. The van der Waals surface area contributed by atoms with Crippen LogP contribution in [0.2, 0.25) is 0 Å². The molecule has 23 heavy (non-hydrogen) atoms. The molecule has 1 saturated carbocycles. The van der Waals surface area contributed by atoms with E-state index in [0.29, 0.717) is 36.4 Å². The van der Waals surface area contributed by atoms with E-state index < -0.39 is 0 Å². The average molecular weight is 314 g/mol. The van der Waals surface area contributed by atoms with Gasteiger partial charge in [0.1, 0.15) is 5.82 Å². The third-order valence-corrected chi connectivity index (χ3v) is 4.14. The smallest absolute Gasteiger partial charge is 0.258 e. The van der Waals surface area contributed by atoms with Crippen molar-refractivity contribution in [1.82, 2.24) is 20.2 Å². The van der Waals surface area contributed by atoms with E-state index in [1.807, 2.05) is 25.1 Å². The molecule has 2 N–H and O–H groups in total. The Hall–Kier alpha value is -2.21. The first-order valence-corrected chi connectivity index (χ1v) is 8.13. The van der Waals surface area contributed by atoms with Crippen LogP contribution in [0.5, 0.6) is 0 Å². The molecule has 0 unspecified atom stereocenters. The van der Waals surface area contributed by atoms with Crippen LogP contribution in [0.25, 0.3) is 10.9 Å². The molecule has 0 bridgehead atoms. The molecule has 0 saturated heterocycles. The van der Waals surface area contributed by atoms with Crippen molar-refractivity contribution in [3.05, 3.63) is 40.4 Å². The Labute approximate surface area is 134 Å². The van der Waals surface area contributed by atoms with Crippen molar-refractivity contribution in [2.75, 3.05) is 19.6 Å². The largest absolute Gasteiger partial charge is 0.334 e. The van der Waals surface area contributed by atoms with Gasteiger partial charge in [0.15, 0.2) is 0 Å². The second-order valence-corrected chi connectivity index (χ2v) is 6.01. The van der Waals surface area contributed by atoms with Crippen molar-refractivity contribution in [2.45, 2.75) is 26.3 Å². The summed E-state index contributed by atoms with van der Waals surface area (Å²) in [6, 6.07) is 7.22. The Morgan fingerprint density at radius 1 is 1.39 bits per heavy atom. The summed E-state index contributed by atoms with van der Waals surface area (Å²) in [6.45, 7) is 4.08. The molecule has 3 rings (SSSR count). The number of likely N-dealkylation sites (N-methyl/N-ethyl adjacent to an activating group) is 1. The summed E-state index contributed by atoms with van der Waals surface area (Å²) in [7, 11) is 0. The third-order valence-electron chi connectivity index (χ3n) is 4.14. The maximum absolute atomic E-state index is 12.3. The van der Waals surface area contributed by atoms with Gasteiger partial charge in [-0.1, -0.05) is 12.1 Å². The molecule has 0 spiro atoms. The predicted molar refractivity (Wildman–Crippen MR) is 89.0 cm³/mol. The number of aromatic amines is 1. The predicted octanol–water partition coefficient (Wildman–Crippen LogP) is 1.27. The van der Waals surface area contributed by atoms with Crippen molar-refractivity contribution < 1.29 is 4.79 Å². The van der Waals surface area contributed by atoms with Crippen LogP contribution in [0.3, 0.4) is 0 Å². The van der Waals surface area contributed by atoms with E-state index in [2.05, 4.69) is 15.3 Å². The number of nitrogens with zero attached hydrogens (tertiary/aromatic N) is 2. The van der Waals surface area contributed by atoms with Crippen LogP contribution in [0.15, 0.2) is 29.1 Å². The van der Waals surface area contributed by atoms with Gasteiger partial charge < -0.3 is 15.2 Å². The summed E-state index contributed by atoms with van der Waals surface area (Å²) < 4.78 is 0. The standard InChI is InChI=1S/C17H22N4O2/c1-2-21(16(22)10-18-9-12-7-8-12)11-15-19-14-6-4-3-5-13(14)17(23)20-15/h3-6,12,18H,2,7-11H2,1H3,(H,19,20,23). The van der Waals surface area contributed by atoms with Crippen LogP contribution in [-0.2, 0) is 11.3 Å². The molecule has 122 valence electrons. The maximum Gasteiger partial charge on any atom is 0.258 e. The topological polar surface area (TPSA) is 78.1 Å². The number of carbonyl (C=O) groups excluding carboxylic acids is 1. The van der Waals surface area contributed by atoms with Crippen LogP contribution >= 0.6 is 0 Å². The molecule has 1 aromatic carbocycles. The number of H-pyrrole nitrogens is 1. The summed E-state index contributed by atoms with van der Waals surface area (Å²) in [5, 5.41) is 3.77. The zero-order valence-corrected chi connectivity index (χ0v) is 13.3. The van der Waals surface area contributed by atoms with E-state index in [0.717, 1.165) is 12.5 Å². The minimum Gasteiger partial charge on any atom is -0.334 e. The molecule has 0 atom stereocenters. The number of aromatic nitrogens is 2. The molecule has 1 aliphatic rings. The highest BCUT2D eigenvalue weighted by Gasteiger charge is 2.21. The fraction of sp³-hybridized carbons (Fsp3) is 0.471. The van der Waals surface area contributed by atoms with Gasteiger partial charge in [0.05, 0.1) is 24.0 Å². The number of para-hydroxylation sites is 1. The van der Waals surface area contributed by atoms with Gasteiger partial charge in [-0.05, 0) is 44.4 Å². The summed E-state index contributed by atoms with van der Waals surface area (Å²) in [5.41, 5.74) is 0.488. The summed E-state index contributed by atoms with van der Waals surface area (Å²) >= 11 is 0. The molecule has 1 fully saturated rings. The number of rotatable bonds is 7. The van der Waals surface area contributed by atoms with Crippen LogP contribution in [0, 0.1) is 5.92 Å². The van der Waals surface area contributed by atoms with E-state index in [4.69, 9.17) is 0 Å². The molecule has 1 aliphatic carbocycles. The molecule has 1 aromatic heterocycles. The van der Waals surface area contributed by atoms with Gasteiger partial charge in [-0.15, -0.1) is 0 Å². The van der Waals surface area contributed by atoms with Crippen LogP contribution in [-0.4, -0.2) is 40.4 Å². The minimum atomic E-state index is -0.166. The zero-order chi connectivity index (χ0) is 16.2. The van der Waals surface area contributed by atoms with Gasteiger partial charge in [-0.3, -0.25) is 9.59 Å². The second kappa shape index (κ2) is 6.91. The third kappa shape index (κ3) is 3.96. The zero-order valence-electron chi connectivity index (χ0n) is 13.3. The molecular weight excluding hydrogens is 292 g/mol. The molecule has 1 heterocycles. The molecule has 1 amide bonds. The minimum absolute atomic E-state index is 0.0314. The first-order chi connectivity index (χ1) is 11.2. The van der Waals surface area contributed by atoms with Gasteiger partial charge in [0.2, 0.25) is 5.91 Å². The Morgan fingerprint density at radius 3 is 2.91 bits per heavy atom. The monoisotopic (exact) mass is 314 g/mol. The van der Waals surface area contributed by atoms with Crippen molar-refractivity contribution >= 4 is 16.8 Å². The highest BCUT2D eigenvalue weighted by molar-refractivity contribution is 5.79. The van der Waals surface area contributed by atoms with Crippen LogP contribution in [0.4, 0.5) is 0 Å². The Balaban J connectivity index is 1.67. The van der Waals surface area contributed by atoms with Crippen molar-refractivity contribution in [2.24, 2.45) is 5.92 Å². The lowest BCUT2D eigenvalue weighted by Gasteiger charge is -2.20. The lowest BCUT2D eigenvalue weighted by Crippen LogP contribution is -2.39. The first-order valence-electron chi connectivity index (χ1n) is 8.13. The lowest BCUT2D eigenvalue weighted by atomic mass is 10.2. The Kier molecular flexibility index (Phi) is 4.71.